The fraction of sp³-hybridized carbons (Fsp3) is 0.429. The standard InChI is InChI=1S/C21H25NO4S/c1-2-3-4-5-7-15-9-11-16(12-10-15)19(23)22-17(21(24)25)14-27-20(22)18-8-6-13-26-18/h6,8-13,17,20H,2-5,7,14H2,1H3,(H,24,25). The molecule has 1 fully saturated rings. The highest BCUT2D eigenvalue weighted by Crippen LogP contribution is 2.42. The van der Waals surface area contributed by atoms with Crippen molar-refractivity contribution in [2.75, 3.05) is 5.75 Å². The predicted molar refractivity (Wildman–Crippen MR) is 106 cm³/mol. The summed E-state index contributed by atoms with van der Waals surface area (Å²) >= 11 is 1.42. The SMILES string of the molecule is CCCCCCc1ccc(C(=O)N2C(C(=O)O)CSC2c2ccco2)cc1. The molecule has 0 radical (unpaired) electrons. The van der Waals surface area contributed by atoms with E-state index in [1.54, 1.807) is 30.5 Å². The monoisotopic (exact) mass is 387 g/mol. The number of nitrogens with zero attached hydrogens (tertiary/aromatic N) is 1. The second kappa shape index (κ2) is 9.13. The second-order valence-corrected chi connectivity index (χ2v) is 7.89. The van der Waals surface area contributed by atoms with Crippen LogP contribution in [0.2, 0.25) is 0 Å². The zero-order valence-electron chi connectivity index (χ0n) is 15.5. The highest BCUT2D eigenvalue weighted by Gasteiger charge is 2.43. The van der Waals surface area contributed by atoms with E-state index in [1.165, 1.54) is 41.5 Å². The second-order valence-electron chi connectivity index (χ2n) is 6.78. The lowest BCUT2D eigenvalue weighted by atomic mass is 10.0. The number of furan rings is 1. The van der Waals surface area contributed by atoms with Crippen LogP contribution in [0.15, 0.2) is 47.1 Å². The van der Waals surface area contributed by atoms with Crippen molar-refractivity contribution in [2.45, 2.75) is 50.4 Å². The molecule has 6 heteroatoms. The zero-order valence-corrected chi connectivity index (χ0v) is 16.3. The summed E-state index contributed by atoms with van der Waals surface area (Å²) in [7, 11) is 0. The van der Waals surface area contributed by atoms with E-state index in [1.807, 2.05) is 12.1 Å². The average Bonchev–Trinajstić information content (AvgIpc) is 3.34. The van der Waals surface area contributed by atoms with E-state index in [0.29, 0.717) is 17.1 Å². The maximum Gasteiger partial charge on any atom is 0.327 e. The first-order valence-electron chi connectivity index (χ1n) is 9.41. The number of carboxylic acid groups (broad SMARTS) is 1. The molecule has 1 saturated heterocycles. The fourth-order valence-electron chi connectivity index (χ4n) is 3.31. The lowest BCUT2D eigenvalue weighted by molar-refractivity contribution is -0.141. The molecule has 1 aliphatic heterocycles. The molecule has 1 aromatic heterocycles. The predicted octanol–water partition coefficient (Wildman–Crippen LogP) is 4.74. The van der Waals surface area contributed by atoms with Crippen molar-refractivity contribution in [3.63, 3.8) is 0 Å². The van der Waals surface area contributed by atoms with E-state index in [9.17, 15) is 14.7 Å². The van der Waals surface area contributed by atoms with Gasteiger partial charge in [0.1, 0.15) is 17.2 Å². The van der Waals surface area contributed by atoms with Crippen LogP contribution in [0.25, 0.3) is 0 Å². The Morgan fingerprint density at radius 2 is 1.96 bits per heavy atom. The van der Waals surface area contributed by atoms with Crippen LogP contribution in [0.3, 0.4) is 0 Å². The highest BCUT2D eigenvalue weighted by atomic mass is 32.2. The number of aryl methyl sites for hydroxylation is 1. The molecule has 2 atom stereocenters. The molecule has 0 saturated carbocycles. The topological polar surface area (TPSA) is 70.8 Å². The molecule has 1 aromatic carbocycles. The number of carbonyl (C=O) groups is 2. The summed E-state index contributed by atoms with van der Waals surface area (Å²) in [5.74, 6) is -0.310. The Bertz CT molecular complexity index is 757. The maximum atomic E-state index is 13.1. The third kappa shape index (κ3) is 4.56. The van der Waals surface area contributed by atoms with Crippen LogP contribution >= 0.6 is 11.8 Å². The van der Waals surface area contributed by atoms with Gasteiger partial charge >= 0.3 is 5.97 Å². The molecule has 27 heavy (non-hydrogen) atoms. The molecule has 144 valence electrons. The minimum Gasteiger partial charge on any atom is -0.480 e. The largest absolute Gasteiger partial charge is 0.480 e. The Morgan fingerprint density at radius 3 is 2.59 bits per heavy atom. The summed E-state index contributed by atoms with van der Waals surface area (Å²) in [6.45, 7) is 2.19. The van der Waals surface area contributed by atoms with Gasteiger partial charge < -0.3 is 14.4 Å². The van der Waals surface area contributed by atoms with Crippen LogP contribution in [0.5, 0.6) is 0 Å². The summed E-state index contributed by atoms with van der Waals surface area (Å²) in [5.41, 5.74) is 1.72. The van der Waals surface area contributed by atoms with Crippen LogP contribution in [-0.4, -0.2) is 33.7 Å². The summed E-state index contributed by atoms with van der Waals surface area (Å²) < 4.78 is 5.44. The van der Waals surface area contributed by atoms with E-state index in [2.05, 4.69) is 6.92 Å². The number of hydrogen-bond acceptors (Lipinski definition) is 4. The molecule has 2 heterocycles. The molecule has 1 N–H and O–H groups in total. The van der Waals surface area contributed by atoms with Crippen molar-refractivity contribution in [1.29, 1.82) is 0 Å². The summed E-state index contributed by atoms with van der Waals surface area (Å²) in [6, 6.07) is 10.2. The summed E-state index contributed by atoms with van der Waals surface area (Å²) in [6.07, 6.45) is 7.36. The van der Waals surface area contributed by atoms with Gasteiger partial charge in [-0.15, -0.1) is 11.8 Å². The van der Waals surface area contributed by atoms with Crippen LogP contribution < -0.4 is 0 Å². The first-order chi connectivity index (χ1) is 13.1. The molecule has 1 amide bonds. The number of unbranched alkanes of at least 4 members (excludes halogenated alkanes) is 3. The van der Waals surface area contributed by atoms with Crippen LogP contribution in [0, 0.1) is 0 Å². The average molecular weight is 388 g/mol. The van der Waals surface area contributed by atoms with E-state index >= 15 is 0 Å². The molecular weight excluding hydrogens is 362 g/mol. The number of carbonyl (C=O) groups excluding carboxylic acids is 1. The van der Waals surface area contributed by atoms with Crippen molar-refractivity contribution >= 4 is 23.6 Å². The van der Waals surface area contributed by atoms with Crippen LogP contribution in [-0.2, 0) is 11.2 Å². The minimum atomic E-state index is -0.988. The molecule has 2 aromatic rings. The van der Waals surface area contributed by atoms with Gasteiger partial charge in [0.2, 0.25) is 0 Å². The third-order valence-corrected chi connectivity index (χ3v) is 6.11. The summed E-state index contributed by atoms with van der Waals surface area (Å²) in [5, 5.41) is 9.13. The van der Waals surface area contributed by atoms with Crippen molar-refractivity contribution in [2.24, 2.45) is 0 Å². The van der Waals surface area contributed by atoms with Gasteiger partial charge in [-0.3, -0.25) is 4.79 Å². The number of thioether (sulfide) groups is 1. The first kappa shape index (κ1) is 19.5. The van der Waals surface area contributed by atoms with Gasteiger partial charge in [0, 0.05) is 11.3 Å². The molecule has 0 spiro atoms. The number of hydrogen-bond donors (Lipinski definition) is 1. The Kier molecular flexibility index (Phi) is 6.61. The number of benzene rings is 1. The zero-order chi connectivity index (χ0) is 19.2. The fourth-order valence-corrected chi connectivity index (χ4v) is 4.68. The van der Waals surface area contributed by atoms with E-state index in [-0.39, 0.29) is 5.91 Å². The lowest BCUT2D eigenvalue weighted by Crippen LogP contribution is -2.42. The Morgan fingerprint density at radius 1 is 1.19 bits per heavy atom. The Hall–Kier alpha value is -2.21. The van der Waals surface area contributed by atoms with Crippen LogP contribution in [0.1, 0.15) is 59.7 Å². The maximum absolute atomic E-state index is 13.1. The van der Waals surface area contributed by atoms with Gasteiger partial charge in [-0.1, -0.05) is 38.3 Å². The molecule has 5 nitrogen and oxygen atoms in total. The minimum absolute atomic E-state index is 0.272. The smallest absolute Gasteiger partial charge is 0.327 e. The van der Waals surface area contributed by atoms with Gasteiger partial charge in [-0.2, -0.15) is 0 Å². The third-order valence-electron chi connectivity index (χ3n) is 4.83. The molecular formula is C21H25NO4S. The number of amides is 1. The normalized spacial score (nSPS) is 19.4. The number of aliphatic carboxylic acids is 1. The van der Waals surface area contributed by atoms with Gasteiger partial charge in [-0.05, 0) is 42.7 Å². The van der Waals surface area contributed by atoms with Crippen LogP contribution in [0.4, 0.5) is 0 Å². The van der Waals surface area contributed by atoms with Gasteiger partial charge in [-0.25, -0.2) is 4.79 Å². The van der Waals surface area contributed by atoms with Gasteiger partial charge in [0.05, 0.1) is 6.26 Å². The Balaban J connectivity index is 1.74. The Labute approximate surface area is 163 Å². The molecule has 2 unspecified atom stereocenters. The molecule has 0 aliphatic carbocycles. The van der Waals surface area contributed by atoms with E-state index in [0.717, 1.165) is 12.8 Å². The van der Waals surface area contributed by atoms with Gasteiger partial charge in [0.25, 0.3) is 5.91 Å². The van der Waals surface area contributed by atoms with E-state index in [4.69, 9.17) is 4.42 Å². The van der Waals surface area contributed by atoms with Crippen molar-refractivity contribution < 1.29 is 19.1 Å². The highest BCUT2D eigenvalue weighted by molar-refractivity contribution is 7.99. The van der Waals surface area contributed by atoms with Crippen molar-refractivity contribution in [3.05, 3.63) is 59.5 Å². The van der Waals surface area contributed by atoms with Crippen molar-refractivity contribution in [1.82, 2.24) is 4.90 Å². The number of carboxylic acids is 1. The lowest BCUT2D eigenvalue weighted by Gasteiger charge is -2.26. The molecule has 1 aliphatic rings. The van der Waals surface area contributed by atoms with Gasteiger partial charge in [0.15, 0.2) is 0 Å². The molecule has 3 rings (SSSR count). The van der Waals surface area contributed by atoms with Crippen molar-refractivity contribution in [3.8, 4) is 0 Å². The molecule has 0 bridgehead atoms. The summed E-state index contributed by atoms with van der Waals surface area (Å²) in [4.78, 5) is 26.2. The van der Waals surface area contributed by atoms with E-state index < -0.39 is 17.4 Å². The number of rotatable bonds is 8. The first-order valence-corrected chi connectivity index (χ1v) is 10.5. The quantitative estimate of drug-likeness (QED) is 0.662.